The van der Waals surface area contributed by atoms with Crippen LogP contribution in [0, 0.1) is 0 Å². The van der Waals surface area contributed by atoms with E-state index in [9.17, 15) is 5.11 Å². The number of fused-ring (bicyclic) bond motifs is 1. The maximum atomic E-state index is 9.28. The van der Waals surface area contributed by atoms with Crippen LogP contribution in [0.25, 0.3) is 11.2 Å². The van der Waals surface area contributed by atoms with Gasteiger partial charge in [-0.1, -0.05) is 12.8 Å². The molecule has 9 nitrogen and oxygen atoms in total. The minimum Gasteiger partial charge on any atom is -0.394 e. The molecule has 0 aromatic carbocycles. The van der Waals surface area contributed by atoms with Crippen molar-refractivity contribution in [2.75, 3.05) is 23.5 Å². The molecule has 164 valence electrons. The lowest BCUT2D eigenvalue weighted by Crippen LogP contribution is -2.36. The van der Waals surface area contributed by atoms with Gasteiger partial charge in [-0.3, -0.25) is 5.01 Å². The number of imidazole rings is 1. The highest BCUT2D eigenvalue weighted by molar-refractivity contribution is 5.86. The molecule has 2 aromatic heterocycles. The third-order valence-corrected chi connectivity index (χ3v) is 5.84. The molecule has 11 heteroatoms. The standard InChI is InChI=1S/C18H30N8O.2ClH/c19-12-5-7-13(8-6-12)22-18-23-16-15(17(24-18)26(20)9-10-27)21-11-25(16)14-3-1-2-4-14;;/h11-14,27H,1-10,19-20H2,(H,22,23,24);2*1H. The quantitative estimate of drug-likeness (QED) is 0.391. The third kappa shape index (κ3) is 5.21. The number of halogens is 2. The Balaban J connectivity index is 0.00000150. The second-order valence-corrected chi connectivity index (χ2v) is 7.81. The van der Waals surface area contributed by atoms with Crippen LogP contribution in [-0.2, 0) is 0 Å². The number of aromatic nitrogens is 4. The van der Waals surface area contributed by atoms with Gasteiger partial charge in [0.25, 0.3) is 0 Å². The van der Waals surface area contributed by atoms with Gasteiger partial charge >= 0.3 is 0 Å². The first kappa shape index (κ1) is 23.9. The Kier molecular flexibility index (Phi) is 8.72. The fourth-order valence-electron chi connectivity index (χ4n) is 4.28. The van der Waals surface area contributed by atoms with Crippen molar-refractivity contribution >= 4 is 47.7 Å². The maximum Gasteiger partial charge on any atom is 0.227 e. The van der Waals surface area contributed by atoms with E-state index in [1.54, 1.807) is 0 Å². The van der Waals surface area contributed by atoms with E-state index in [1.165, 1.54) is 17.9 Å². The van der Waals surface area contributed by atoms with Crippen LogP contribution in [0.3, 0.4) is 0 Å². The summed E-state index contributed by atoms with van der Waals surface area (Å²) in [4.78, 5) is 14.0. The predicted molar refractivity (Wildman–Crippen MR) is 120 cm³/mol. The predicted octanol–water partition coefficient (Wildman–Crippen LogP) is 2.14. The largest absolute Gasteiger partial charge is 0.394 e. The van der Waals surface area contributed by atoms with E-state index in [0.29, 0.717) is 42.0 Å². The normalized spacial score (nSPS) is 22.2. The molecule has 0 bridgehead atoms. The van der Waals surface area contributed by atoms with Crippen molar-refractivity contribution in [2.45, 2.75) is 69.5 Å². The minimum absolute atomic E-state index is 0. The van der Waals surface area contributed by atoms with Crippen molar-refractivity contribution < 1.29 is 5.11 Å². The van der Waals surface area contributed by atoms with Gasteiger partial charge in [-0.15, -0.1) is 24.8 Å². The highest BCUT2D eigenvalue weighted by Gasteiger charge is 2.24. The lowest BCUT2D eigenvalue weighted by atomic mass is 9.92. The van der Waals surface area contributed by atoms with E-state index in [1.807, 2.05) is 6.33 Å². The van der Waals surface area contributed by atoms with Gasteiger partial charge in [0.1, 0.15) is 0 Å². The van der Waals surface area contributed by atoms with Crippen molar-refractivity contribution in [2.24, 2.45) is 11.6 Å². The van der Waals surface area contributed by atoms with Gasteiger partial charge in [0, 0.05) is 18.1 Å². The van der Waals surface area contributed by atoms with Crippen LogP contribution < -0.4 is 21.9 Å². The summed E-state index contributed by atoms with van der Waals surface area (Å²) in [6.07, 6.45) is 10.7. The molecule has 2 aliphatic carbocycles. The van der Waals surface area contributed by atoms with Crippen molar-refractivity contribution in [1.82, 2.24) is 19.5 Å². The van der Waals surface area contributed by atoms with Crippen LogP contribution in [0.15, 0.2) is 6.33 Å². The zero-order chi connectivity index (χ0) is 18.8. The van der Waals surface area contributed by atoms with Crippen molar-refractivity contribution in [3.05, 3.63) is 6.33 Å². The van der Waals surface area contributed by atoms with E-state index < -0.39 is 0 Å². The van der Waals surface area contributed by atoms with Crippen molar-refractivity contribution in [1.29, 1.82) is 0 Å². The summed E-state index contributed by atoms with van der Waals surface area (Å²) in [5.74, 6) is 7.28. The monoisotopic (exact) mass is 446 g/mol. The average Bonchev–Trinajstić information content (AvgIpc) is 3.32. The molecular formula is C18H32Cl2N8O. The van der Waals surface area contributed by atoms with Crippen LogP contribution in [0.5, 0.6) is 0 Å². The van der Waals surface area contributed by atoms with Gasteiger partial charge in [-0.2, -0.15) is 9.97 Å². The van der Waals surface area contributed by atoms with Crippen LogP contribution in [0.1, 0.15) is 57.4 Å². The third-order valence-electron chi connectivity index (χ3n) is 5.84. The zero-order valence-electron chi connectivity index (χ0n) is 16.5. The van der Waals surface area contributed by atoms with E-state index in [0.717, 1.165) is 44.2 Å². The van der Waals surface area contributed by atoms with Gasteiger partial charge in [-0.25, -0.2) is 10.8 Å². The Bertz CT molecular complexity index is 775. The lowest BCUT2D eigenvalue weighted by Gasteiger charge is -2.27. The number of nitrogens with one attached hydrogen (secondary N) is 1. The first-order valence-corrected chi connectivity index (χ1v) is 10.1. The first-order chi connectivity index (χ1) is 13.2. The highest BCUT2D eigenvalue weighted by atomic mass is 35.5. The molecule has 0 spiro atoms. The molecule has 2 heterocycles. The zero-order valence-corrected chi connectivity index (χ0v) is 18.2. The maximum absolute atomic E-state index is 9.28. The number of nitrogens with two attached hydrogens (primary N) is 2. The molecule has 2 fully saturated rings. The smallest absolute Gasteiger partial charge is 0.227 e. The van der Waals surface area contributed by atoms with Gasteiger partial charge in [0.15, 0.2) is 17.0 Å². The Morgan fingerprint density at radius 1 is 1.10 bits per heavy atom. The topological polar surface area (TPSA) is 131 Å². The van der Waals surface area contributed by atoms with Gasteiger partial charge in [0.05, 0.1) is 19.5 Å². The molecule has 0 radical (unpaired) electrons. The summed E-state index contributed by atoms with van der Waals surface area (Å²) < 4.78 is 2.17. The number of anilines is 2. The second-order valence-electron chi connectivity index (χ2n) is 7.81. The fourth-order valence-corrected chi connectivity index (χ4v) is 4.28. The second kappa shape index (κ2) is 10.6. The lowest BCUT2D eigenvalue weighted by molar-refractivity contribution is 0.302. The molecular weight excluding hydrogens is 415 g/mol. The summed E-state index contributed by atoms with van der Waals surface area (Å²) in [5, 5.41) is 14.2. The molecule has 0 atom stereocenters. The van der Waals surface area contributed by atoms with Crippen molar-refractivity contribution in [3.8, 4) is 0 Å². The summed E-state index contributed by atoms with van der Waals surface area (Å²) in [6, 6.07) is 1.05. The van der Waals surface area contributed by atoms with Gasteiger partial charge in [0.2, 0.25) is 5.95 Å². The van der Waals surface area contributed by atoms with Gasteiger partial charge in [-0.05, 0) is 38.5 Å². The molecule has 29 heavy (non-hydrogen) atoms. The summed E-state index contributed by atoms with van der Waals surface area (Å²) in [7, 11) is 0. The number of hydrazine groups is 1. The molecule has 2 aromatic rings. The number of hydrogen-bond donors (Lipinski definition) is 4. The molecule has 0 unspecified atom stereocenters. The van der Waals surface area contributed by atoms with Crippen LogP contribution >= 0.6 is 24.8 Å². The van der Waals surface area contributed by atoms with Crippen LogP contribution in [0.4, 0.5) is 11.8 Å². The van der Waals surface area contributed by atoms with Crippen LogP contribution in [0.2, 0.25) is 0 Å². The van der Waals surface area contributed by atoms with E-state index in [-0.39, 0.29) is 31.4 Å². The molecule has 0 aliphatic heterocycles. The number of aliphatic hydroxyl groups is 1. The number of hydrogen-bond acceptors (Lipinski definition) is 8. The molecule has 6 N–H and O–H groups in total. The molecule has 2 saturated carbocycles. The minimum atomic E-state index is -0.0470. The SMILES string of the molecule is Cl.Cl.NC1CCC(Nc2nc(N(N)CCO)c3ncn(C4CCCC4)c3n2)CC1. The molecule has 0 amide bonds. The van der Waals surface area contributed by atoms with Crippen molar-refractivity contribution in [3.63, 3.8) is 0 Å². The first-order valence-electron chi connectivity index (χ1n) is 10.1. The molecule has 0 saturated heterocycles. The summed E-state index contributed by atoms with van der Waals surface area (Å²) in [5.41, 5.74) is 7.52. The Labute approximate surface area is 183 Å². The summed E-state index contributed by atoms with van der Waals surface area (Å²) in [6.45, 7) is 0.245. The summed E-state index contributed by atoms with van der Waals surface area (Å²) >= 11 is 0. The van der Waals surface area contributed by atoms with Gasteiger partial charge < -0.3 is 20.7 Å². The average molecular weight is 447 g/mol. The molecule has 4 rings (SSSR count). The molecule has 2 aliphatic rings. The van der Waals surface area contributed by atoms with E-state index in [2.05, 4.69) is 19.9 Å². The Morgan fingerprint density at radius 2 is 1.79 bits per heavy atom. The number of rotatable bonds is 6. The van der Waals surface area contributed by atoms with Crippen LogP contribution in [-0.4, -0.2) is 49.9 Å². The number of nitrogens with zero attached hydrogens (tertiary/aromatic N) is 5. The Morgan fingerprint density at radius 3 is 2.45 bits per heavy atom. The fraction of sp³-hybridized carbons (Fsp3) is 0.722. The Hall–Kier alpha value is -1.39. The van der Waals surface area contributed by atoms with E-state index in [4.69, 9.17) is 16.6 Å². The van der Waals surface area contributed by atoms with E-state index >= 15 is 0 Å². The number of aliphatic hydroxyl groups excluding tert-OH is 1. The highest BCUT2D eigenvalue weighted by Crippen LogP contribution is 2.33.